The molecular weight excluding hydrogens is 310 g/mol. The summed E-state index contributed by atoms with van der Waals surface area (Å²) in [6, 6.07) is 5.45. The van der Waals surface area contributed by atoms with Crippen LogP contribution in [0.4, 0.5) is 0 Å². The summed E-state index contributed by atoms with van der Waals surface area (Å²) in [4.78, 5) is 38.3. The highest BCUT2D eigenvalue weighted by Crippen LogP contribution is 2.24. The summed E-state index contributed by atoms with van der Waals surface area (Å²) < 4.78 is 0. The summed E-state index contributed by atoms with van der Waals surface area (Å²) in [6.07, 6.45) is -0.579. The van der Waals surface area contributed by atoms with Crippen LogP contribution in [-0.4, -0.2) is 58.5 Å². The summed E-state index contributed by atoms with van der Waals surface area (Å²) in [5, 5.41) is 15.1. The van der Waals surface area contributed by atoms with E-state index in [1.165, 1.54) is 11.8 Å². The fraction of sp³-hybridized carbons (Fsp3) is 0.471. The lowest BCUT2D eigenvalue weighted by Gasteiger charge is -2.35. The van der Waals surface area contributed by atoms with E-state index in [1.807, 2.05) is 19.1 Å². The Balaban J connectivity index is 1.69. The van der Waals surface area contributed by atoms with Crippen LogP contribution in [0.2, 0.25) is 0 Å². The second kappa shape index (κ2) is 6.24. The number of piperazine rings is 1. The average molecular weight is 331 g/mol. The van der Waals surface area contributed by atoms with Crippen LogP contribution < -0.4 is 10.6 Å². The van der Waals surface area contributed by atoms with Gasteiger partial charge in [-0.3, -0.25) is 14.4 Å². The molecular formula is C17H21N3O4. The van der Waals surface area contributed by atoms with Crippen molar-refractivity contribution in [2.24, 2.45) is 0 Å². The standard InChI is InChI=1S/C17H21N3O4/c1-9-4-3-5-11(6-9)15(22)18-12-7-13-16(23)19-14(10(2)21)17(24)20(13)8-12/h3-6,10,12-14,21H,7-8H2,1-2H3,(H,18,22)(H,19,23)/t10-,12-,13-,14+/m0/s1. The Labute approximate surface area is 140 Å². The van der Waals surface area contributed by atoms with Crippen LogP contribution in [0.25, 0.3) is 0 Å². The maximum absolute atomic E-state index is 12.4. The van der Waals surface area contributed by atoms with Gasteiger partial charge in [-0.2, -0.15) is 0 Å². The van der Waals surface area contributed by atoms with Crippen molar-refractivity contribution in [3.8, 4) is 0 Å². The first-order valence-corrected chi connectivity index (χ1v) is 8.03. The fourth-order valence-corrected chi connectivity index (χ4v) is 3.30. The average Bonchev–Trinajstić information content (AvgIpc) is 2.95. The SMILES string of the molecule is Cc1cccc(C(=O)N[C@H]2C[C@H]3C(=O)N[C@H]([C@H](C)O)C(=O)N3C2)c1. The first kappa shape index (κ1) is 16.4. The molecule has 128 valence electrons. The zero-order chi connectivity index (χ0) is 17.4. The number of aliphatic hydroxyl groups excluding tert-OH is 1. The number of amides is 3. The number of fused-ring (bicyclic) bond motifs is 1. The third-order valence-electron chi connectivity index (χ3n) is 4.55. The van der Waals surface area contributed by atoms with Crippen molar-refractivity contribution in [1.29, 1.82) is 0 Å². The van der Waals surface area contributed by atoms with Gasteiger partial charge in [-0.15, -0.1) is 0 Å². The van der Waals surface area contributed by atoms with Gasteiger partial charge in [0, 0.05) is 18.2 Å². The number of rotatable bonds is 3. The van der Waals surface area contributed by atoms with Gasteiger partial charge in [0.2, 0.25) is 11.8 Å². The van der Waals surface area contributed by atoms with E-state index < -0.39 is 18.2 Å². The monoisotopic (exact) mass is 331 g/mol. The van der Waals surface area contributed by atoms with E-state index in [4.69, 9.17) is 0 Å². The molecule has 1 aromatic carbocycles. The van der Waals surface area contributed by atoms with Gasteiger partial charge in [0.15, 0.2) is 0 Å². The zero-order valence-corrected chi connectivity index (χ0v) is 13.7. The normalized spacial score (nSPS) is 27.5. The number of carbonyl (C=O) groups excluding carboxylic acids is 3. The molecule has 3 rings (SSSR count). The number of aliphatic hydroxyl groups is 1. The lowest BCUT2D eigenvalue weighted by molar-refractivity contribution is -0.149. The molecule has 24 heavy (non-hydrogen) atoms. The number of hydrogen-bond donors (Lipinski definition) is 3. The molecule has 2 fully saturated rings. The lowest BCUT2D eigenvalue weighted by atomic mass is 10.0. The summed E-state index contributed by atoms with van der Waals surface area (Å²) >= 11 is 0. The van der Waals surface area contributed by atoms with Crippen LogP contribution in [-0.2, 0) is 9.59 Å². The first-order valence-electron chi connectivity index (χ1n) is 8.03. The van der Waals surface area contributed by atoms with Crippen LogP contribution in [0, 0.1) is 6.92 Å². The predicted octanol–water partition coefficient (Wildman–Crippen LogP) is -0.426. The third-order valence-corrected chi connectivity index (χ3v) is 4.55. The maximum atomic E-state index is 12.4. The van der Waals surface area contributed by atoms with E-state index >= 15 is 0 Å². The van der Waals surface area contributed by atoms with Gasteiger partial charge in [-0.1, -0.05) is 17.7 Å². The topological polar surface area (TPSA) is 98.7 Å². The fourth-order valence-electron chi connectivity index (χ4n) is 3.30. The Bertz CT molecular complexity index is 688. The molecule has 0 spiro atoms. The number of carbonyl (C=O) groups is 3. The van der Waals surface area contributed by atoms with Gasteiger partial charge in [0.05, 0.1) is 6.10 Å². The summed E-state index contributed by atoms with van der Waals surface area (Å²) in [5.74, 6) is -0.807. The van der Waals surface area contributed by atoms with Crippen molar-refractivity contribution in [2.75, 3.05) is 6.54 Å². The Morgan fingerprint density at radius 3 is 2.83 bits per heavy atom. The minimum atomic E-state index is -0.955. The largest absolute Gasteiger partial charge is 0.391 e. The number of benzene rings is 1. The van der Waals surface area contributed by atoms with E-state index in [9.17, 15) is 19.5 Å². The first-order chi connectivity index (χ1) is 11.4. The molecule has 4 atom stereocenters. The van der Waals surface area contributed by atoms with Crippen LogP contribution in [0.5, 0.6) is 0 Å². The smallest absolute Gasteiger partial charge is 0.251 e. The van der Waals surface area contributed by atoms with Gasteiger partial charge in [0.1, 0.15) is 12.1 Å². The highest BCUT2D eigenvalue weighted by Gasteiger charge is 2.47. The summed E-state index contributed by atoms with van der Waals surface area (Å²) in [5.41, 5.74) is 1.54. The van der Waals surface area contributed by atoms with Crippen LogP contribution in [0.1, 0.15) is 29.3 Å². The molecule has 2 saturated heterocycles. The van der Waals surface area contributed by atoms with Crippen molar-refractivity contribution < 1.29 is 19.5 Å². The Kier molecular flexibility index (Phi) is 4.28. The molecule has 2 aliphatic rings. The lowest BCUT2D eigenvalue weighted by Crippen LogP contribution is -2.64. The van der Waals surface area contributed by atoms with Gasteiger partial charge in [-0.05, 0) is 32.4 Å². The van der Waals surface area contributed by atoms with Crippen LogP contribution in [0.15, 0.2) is 24.3 Å². The van der Waals surface area contributed by atoms with Gasteiger partial charge < -0.3 is 20.6 Å². The second-order valence-corrected chi connectivity index (χ2v) is 6.51. The molecule has 2 heterocycles. The molecule has 3 N–H and O–H groups in total. The highest BCUT2D eigenvalue weighted by atomic mass is 16.3. The highest BCUT2D eigenvalue weighted by molar-refractivity contribution is 5.98. The van der Waals surface area contributed by atoms with Crippen molar-refractivity contribution in [1.82, 2.24) is 15.5 Å². The molecule has 7 heteroatoms. The van der Waals surface area contributed by atoms with E-state index in [2.05, 4.69) is 10.6 Å². The van der Waals surface area contributed by atoms with Crippen molar-refractivity contribution in [3.05, 3.63) is 35.4 Å². The number of nitrogens with zero attached hydrogens (tertiary/aromatic N) is 1. The van der Waals surface area contributed by atoms with Crippen molar-refractivity contribution in [3.63, 3.8) is 0 Å². The Morgan fingerprint density at radius 2 is 2.17 bits per heavy atom. The second-order valence-electron chi connectivity index (χ2n) is 6.51. The Hall–Kier alpha value is -2.41. The molecule has 0 saturated carbocycles. The van der Waals surface area contributed by atoms with E-state index in [0.29, 0.717) is 12.0 Å². The molecule has 1 aromatic rings. The minimum absolute atomic E-state index is 0.219. The van der Waals surface area contributed by atoms with Gasteiger partial charge in [-0.25, -0.2) is 0 Å². The van der Waals surface area contributed by atoms with Gasteiger partial charge in [0.25, 0.3) is 5.91 Å². The van der Waals surface area contributed by atoms with Gasteiger partial charge >= 0.3 is 0 Å². The zero-order valence-electron chi connectivity index (χ0n) is 13.7. The van der Waals surface area contributed by atoms with Crippen LogP contribution >= 0.6 is 0 Å². The molecule has 3 amide bonds. The van der Waals surface area contributed by atoms with Crippen molar-refractivity contribution >= 4 is 17.7 Å². The molecule has 0 aliphatic carbocycles. The maximum Gasteiger partial charge on any atom is 0.251 e. The molecule has 2 aliphatic heterocycles. The molecule has 0 radical (unpaired) electrons. The number of aryl methyl sites for hydroxylation is 1. The third kappa shape index (κ3) is 2.99. The summed E-state index contributed by atoms with van der Waals surface area (Å²) in [6.45, 7) is 3.65. The van der Waals surface area contributed by atoms with E-state index in [-0.39, 0.29) is 30.3 Å². The molecule has 0 bridgehead atoms. The Morgan fingerprint density at radius 1 is 1.42 bits per heavy atom. The van der Waals surface area contributed by atoms with E-state index in [0.717, 1.165) is 5.56 Å². The number of hydrogen-bond acceptors (Lipinski definition) is 4. The molecule has 7 nitrogen and oxygen atoms in total. The quantitative estimate of drug-likeness (QED) is 0.700. The molecule has 0 unspecified atom stereocenters. The van der Waals surface area contributed by atoms with E-state index in [1.54, 1.807) is 12.1 Å². The minimum Gasteiger partial charge on any atom is -0.391 e. The van der Waals surface area contributed by atoms with Crippen LogP contribution in [0.3, 0.4) is 0 Å². The molecule has 0 aromatic heterocycles. The predicted molar refractivity (Wildman–Crippen MR) is 86.2 cm³/mol. The van der Waals surface area contributed by atoms with Crippen molar-refractivity contribution in [2.45, 2.75) is 44.5 Å². The summed E-state index contributed by atoms with van der Waals surface area (Å²) in [7, 11) is 0. The number of nitrogens with one attached hydrogen (secondary N) is 2.